The van der Waals surface area contributed by atoms with Crippen molar-refractivity contribution in [1.29, 1.82) is 5.26 Å². The highest BCUT2D eigenvalue weighted by molar-refractivity contribution is 9.10. The second-order valence-corrected chi connectivity index (χ2v) is 11.3. The van der Waals surface area contributed by atoms with E-state index >= 15 is 0 Å². The zero-order chi connectivity index (χ0) is 24.7. The van der Waals surface area contributed by atoms with Crippen LogP contribution in [0.4, 0.5) is 10.8 Å². The molecule has 1 heterocycles. The molecule has 0 unspecified atom stereocenters. The average molecular weight is 563 g/mol. The van der Waals surface area contributed by atoms with E-state index in [1.807, 2.05) is 41.3 Å². The Kier molecular flexibility index (Phi) is 8.79. The van der Waals surface area contributed by atoms with E-state index in [9.17, 15) is 13.2 Å². The first-order valence-electron chi connectivity index (χ1n) is 10.3. The van der Waals surface area contributed by atoms with Crippen LogP contribution in [0.2, 0.25) is 0 Å². The highest BCUT2D eigenvalue weighted by Crippen LogP contribution is 2.33. The summed E-state index contributed by atoms with van der Waals surface area (Å²) in [6.45, 7) is 2.47. The molecule has 0 radical (unpaired) electrons. The highest BCUT2D eigenvalue weighted by Gasteiger charge is 2.23. The lowest BCUT2D eigenvalue weighted by atomic mass is 10.2. The Labute approximate surface area is 211 Å². The quantitative estimate of drug-likeness (QED) is 0.361. The van der Waals surface area contributed by atoms with Crippen LogP contribution in [0.5, 0.6) is 0 Å². The fraction of sp³-hybridized carbons (Fsp3) is 0.261. The topological polar surface area (TPSA) is 112 Å². The molecule has 0 saturated heterocycles. The average Bonchev–Trinajstić information content (AvgIpc) is 3.20. The minimum absolute atomic E-state index is 0.0600. The van der Waals surface area contributed by atoms with Crippen molar-refractivity contribution in [1.82, 2.24) is 9.71 Å². The SMILES string of the molecule is COCCCS(=O)(=O)NC(=O)c1nc(N(Cc2ccc(Br)cc2)c2ccc(C#N)cc2)sc1C. The molecule has 1 aromatic heterocycles. The van der Waals surface area contributed by atoms with Crippen LogP contribution in [0.25, 0.3) is 0 Å². The van der Waals surface area contributed by atoms with Crippen LogP contribution in [0.1, 0.15) is 32.9 Å². The normalized spacial score (nSPS) is 11.1. The molecule has 178 valence electrons. The van der Waals surface area contributed by atoms with Crippen molar-refractivity contribution in [2.45, 2.75) is 19.9 Å². The molecule has 0 spiro atoms. The Morgan fingerprint density at radius 2 is 1.88 bits per heavy atom. The van der Waals surface area contributed by atoms with Gasteiger partial charge in [0.05, 0.1) is 23.9 Å². The summed E-state index contributed by atoms with van der Waals surface area (Å²) in [6, 6.07) is 17.0. The molecule has 8 nitrogen and oxygen atoms in total. The molecule has 0 aliphatic heterocycles. The number of halogens is 1. The van der Waals surface area contributed by atoms with E-state index in [2.05, 4.69) is 31.7 Å². The zero-order valence-corrected chi connectivity index (χ0v) is 21.8. The summed E-state index contributed by atoms with van der Waals surface area (Å²) < 4.78 is 32.4. The number of aryl methyl sites for hydroxylation is 1. The maximum atomic E-state index is 12.7. The summed E-state index contributed by atoms with van der Waals surface area (Å²) in [5.74, 6) is -0.982. The fourth-order valence-corrected chi connectivity index (χ4v) is 5.27. The molecule has 0 aliphatic rings. The molecule has 0 bridgehead atoms. The van der Waals surface area contributed by atoms with Gasteiger partial charge in [-0.3, -0.25) is 4.79 Å². The number of carbonyl (C=O) groups excluding carboxylic acids is 1. The monoisotopic (exact) mass is 562 g/mol. The first-order chi connectivity index (χ1) is 16.2. The van der Waals surface area contributed by atoms with Crippen molar-refractivity contribution >= 4 is 54.0 Å². The van der Waals surface area contributed by atoms with Gasteiger partial charge in [-0.25, -0.2) is 18.1 Å². The molecule has 0 atom stereocenters. The molecule has 2 aromatic carbocycles. The van der Waals surface area contributed by atoms with Crippen molar-refractivity contribution in [3.05, 3.63) is 74.7 Å². The third-order valence-corrected chi connectivity index (χ3v) is 7.65. The summed E-state index contributed by atoms with van der Waals surface area (Å²) in [6.07, 6.45) is 0.278. The van der Waals surface area contributed by atoms with Gasteiger partial charge in [0.1, 0.15) is 5.69 Å². The highest BCUT2D eigenvalue weighted by atomic mass is 79.9. The number of rotatable bonds is 10. The summed E-state index contributed by atoms with van der Waals surface area (Å²) in [5, 5.41) is 9.66. The number of benzene rings is 2. The predicted molar refractivity (Wildman–Crippen MR) is 136 cm³/mol. The van der Waals surface area contributed by atoms with Crippen LogP contribution in [0.3, 0.4) is 0 Å². The Balaban J connectivity index is 1.90. The maximum absolute atomic E-state index is 12.7. The van der Waals surface area contributed by atoms with Gasteiger partial charge in [0.15, 0.2) is 5.13 Å². The number of anilines is 2. The van der Waals surface area contributed by atoms with E-state index in [-0.39, 0.29) is 24.5 Å². The second-order valence-electron chi connectivity index (χ2n) is 7.37. The van der Waals surface area contributed by atoms with E-state index in [0.717, 1.165) is 15.7 Å². The minimum Gasteiger partial charge on any atom is -0.385 e. The Morgan fingerprint density at radius 3 is 2.50 bits per heavy atom. The van der Waals surface area contributed by atoms with E-state index < -0.39 is 15.9 Å². The van der Waals surface area contributed by atoms with Crippen molar-refractivity contribution < 1.29 is 17.9 Å². The van der Waals surface area contributed by atoms with E-state index in [1.54, 1.807) is 19.1 Å². The third-order valence-electron chi connectivity index (χ3n) is 4.80. The van der Waals surface area contributed by atoms with Gasteiger partial charge >= 0.3 is 0 Å². The summed E-state index contributed by atoms with van der Waals surface area (Å²) in [5.41, 5.74) is 2.38. The van der Waals surface area contributed by atoms with Crippen LogP contribution < -0.4 is 9.62 Å². The largest absolute Gasteiger partial charge is 0.385 e. The summed E-state index contributed by atoms with van der Waals surface area (Å²) in [7, 11) is -2.32. The molecule has 0 aliphatic carbocycles. The number of methoxy groups -OCH3 is 1. The number of hydrogen-bond donors (Lipinski definition) is 1. The van der Waals surface area contributed by atoms with Crippen LogP contribution in [0.15, 0.2) is 53.0 Å². The van der Waals surface area contributed by atoms with Gasteiger partial charge in [-0.05, 0) is 55.3 Å². The molecule has 0 saturated carbocycles. The van der Waals surface area contributed by atoms with Crippen molar-refractivity contribution in [2.24, 2.45) is 0 Å². The number of thiazole rings is 1. The number of amides is 1. The molecule has 11 heteroatoms. The number of sulfonamides is 1. The second kappa shape index (κ2) is 11.6. The first-order valence-corrected chi connectivity index (χ1v) is 13.5. The van der Waals surface area contributed by atoms with Gasteiger partial charge in [0.25, 0.3) is 5.91 Å². The number of nitrogens with zero attached hydrogens (tertiary/aromatic N) is 3. The molecule has 1 N–H and O–H groups in total. The maximum Gasteiger partial charge on any atom is 0.284 e. The molecule has 0 fully saturated rings. The number of carbonyl (C=O) groups is 1. The lowest BCUT2D eigenvalue weighted by Gasteiger charge is -2.22. The first kappa shape index (κ1) is 25.8. The standard InChI is InChI=1S/C23H23BrN4O4S2/c1-16-21(22(29)27-34(30,31)13-3-12-32-2)26-23(33-16)28(15-18-4-8-19(24)9-5-18)20-10-6-17(14-25)7-11-20/h4-11H,3,12-13,15H2,1-2H3,(H,27,29). The summed E-state index contributed by atoms with van der Waals surface area (Å²) in [4.78, 5) is 19.7. The van der Waals surface area contributed by atoms with Crippen LogP contribution in [-0.4, -0.2) is 38.8 Å². The van der Waals surface area contributed by atoms with Crippen LogP contribution in [-0.2, 0) is 21.3 Å². The summed E-state index contributed by atoms with van der Waals surface area (Å²) >= 11 is 4.73. The van der Waals surface area contributed by atoms with Crippen molar-refractivity contribution in [3.63, 3.8) is 0 Å². The van der Waals surface area contributed by atoms with Gasteiger partial charge in [-0.1, -0.05) is 28.1 Å². The number of aromatic nitrogens is 1. The van der Waals surface area contributed by atoms with E-state index in [4.69, 9.17) is 10.00 Å². The fourth-order valence-electron chi connectivity index (χ4n) is 3.10. The molecular formula is C23H23BrN4O4S2. The molecule has 34 heavy (non-hydrogen) atoms. The molecule has 1 amide bonds. The van der Waals surface area contributed by atoms with Crippen LogP contribution >= 0.6 is 27.3 Å². The molecular weight excluding hydrogens is 540 g/mol. The van der Waals surface area contributed by atoms with Gasteiger partial charge in [-0.2, -0.15) is 5.26 Å². The van der Waals surface area contributed by atoms with Crippen LogP contribution in [0, 0.1) is 18.3 Å². The van der Waals surface area contributed by atoms with Gasteiger partial charge in [-0.15, -0.1) is 11.3 Å². The number of nitrogens with one attached hydrogen (secondary N) is 1. The van der Waals surface area contributed by atoms with Crippen molar-refractivity contribution in [2.75, 3.05) is 24.4 Å². The third kappa shape index (κ3) is 6.87. The van der Waals surface area contributed by atoms with Gasteiger partial charge < -0.3 is 9.64 Å². The lowest BCUT2D eigenvalue weighted by Crippen LogP contribution is -2.33. The lowest BCUT2D eigenvalue weighted by molar-refractivity contribution is 0.0976. The smallest absolute Gasteiger partial charge is 0.284 e. The molecule has 3 aromatic rings. The Morgan fingerprint density at radius 1 is 1.21 bits per heavy atom. The number of nitriles is 1. The minimum atomic E-state index is -3.81. The van der Waals surface area contributed by atoms with E-state index in [1.165, 1.54) is 18.4 Å². The molecule has 3 rings (SSSR count). The zero-order valence-electron chi connectivity index (χ0n) is 18.6. The van der Waals surface area contributed by atoms with Gasteiger partial charge in [0.2, 0.25) is 10.0 Å². The van der Waals surface area contributed by atoms with Gasteiger partial charge in [0, 0.05) is 28.8 Å². The Hall–Kier alpha value is -2.78. The van der Waals surface area contributed by atoms with Crippen molar-refractivity contribution in [3.8, 4) is 6.07 Å². The number of ether oxygens (including phenoxy) is 1. The Bertz CT molecular complexity index is 1280. The predicted octanol–water partition coefficient (Wildman–Crippen LogP) is 4.52. The van der Waals surface area contributed by atoms with E-state index in [0.29, 0.717) is 22.1 Å². The number of hydrogen-bond acceptors (Lipinski definition) is 8.